The summed E-state index contributed by atoms with van der Waals surface area (Å²) in [6.45, 7) is 15.7. The van der Waals surface area contributed by atoms with Crippen LogP contribution >= 0.6 is 0 Å². The Morgan fingerprint density at radius 1 is 0.964 bits per heavy atom. The van der Waals surface area contributed by atoms with Crippen LogP contribution in [0.5, 0.6) is 17.2 Å². The van der Waals surface area contributed by atoms with Gasteiger partial charge in [-0.15, -0.1) is 0 Å². The normalized spacial score (nSPS) is 34.0. The van der Waals surface area contributed by atoms with Gasteiger partial charge in [-0.2, -0.15) is 0 Å². The maximum absolute atomic E-state index is 14.6. The van der Waals surface area contributed by atoms with Crippen LogP contribution in [0, 0.1) is 30.6 Å². The van der Waals surface area contributed by atoms with Crippen molar-refractivity contribution in [3.8, 4) is 17.2 Å². The van der Waals surface area contributed by atoms with Crippen molar-refractivity contribution in [3.05, 3.63) is 53.3 Å². The number of carbonyl (C=O) groups is 3. The van der Waals surface area contributed by atoms with E-state index < -0.39 is 77.3 Å². The lowest BCUT2D eigenvalue weighted by molar-refractivity contribution is -0.160. The zero-order valence-electron chi connectivity index (χ0n) is 34.1. The lowest BCUT2D eigenvalue weighted by atomic mass is 9.78. The Labute approximate surface area is 328 Å². The molecular formula is C43H58N2O11. The van der Waals surface area contributed by atoms with Crippen molar-refractivity contribution in [2.24, 2.45) is 23.7 Å². The van der Waals surface area contributed by atoms with Crippen LogP contribution in [0.25, 0.3) is 10.8 Å². The number of aliphatic hydroxyl groups is 2. The average Bonchev–Trinajstić information content (AvgIpc) is 3.42. The first-order chi connectivity index (χ1) is 26.3. The van der Waals surface area contributed by atoms with Gasteiger partial charge in [-0.25, -0.2) is 0 Å². The molecule has 0 aliphatic carbocycles. The van der Waals surface area contributed by atoms with Gasteiger partial charge < -0.3 is 49.6 Å². The monoisotopic (exact) mass is 778 g/mol. The number of ether oxygens (including phenoxy) is 4. The van der Waals surface area contributed by atoms with Crippen LogP contribution in [-0.4, -0.2) is 88.0 Å². The Morgan fingerprint density at radius 2 is 1.66 bits per heavy atom. The Kier molecular flexibility index (Phi) is 12.8. The molecule has 4 aliphatic rings. The second-order valence-electron chi connectivity index (χ2n) is 16.0. The maximum Gasteiger partial charge on any atom is 0.312 e. The van der Waals surface area contributed by atoms with Crippen LogP contribution in [-0.2, 0) is 23.8 Å². The zero-order valence-corrected chi connectivity index (χ0v) is 34.1. The minimum atomic E-state index is -1.90. The van der Waals surface area contributed by atoms with Gasteiger partial charge in [0, 0.05) is 79.4 Å². The van der Waals surface area contributed by atoms with E-state index in [1.165, 1.54) is 27.2 Å². The summed E-state index contributed by atoms with van der Waals surface area (Å²) in [5, 5.41) is 49.4. The Balaban J connectivity index is 1.70. The molecule has 0 aromatic heterocycles. The van der Waals surface area contributed by atoms with E-state index in [0.717, 1.165) is 19.3 Å². The molecule has 1 amide bonds. The summed E-state index contributed by atoms with van der Waals surface area (Å²) in [5.41, 5.74) is 1.21. The van der Waals surface area contributed by atoms with Crippen molar-refractivity contribution in [1.82, 2.24) is 0 Å². The predicted octanol–water partition coefficient (Wildman–Crippen LogP) is 6.43. The number of methoxy groups -OCH3 is 1. The third-order valence-corrected chi connectivity index (χ3v) is 11.9. The van der Waals surface area contributed by atoms with Gasteiger partial charge in [-0.3, -0.25) is 14.4 Å². The minimum absolute atomic E-state index is 0.00225. The number of rotatable bonds is 3. The smallest absolute Gasteiger partial charge is 0.312 e. The summed E-state index contributed by atoms with van der Waals surface area (Å²) in [6.07, 6.45) is 6.85. The van der Waals surface area contributed by atoms with Crippen molar-refractivity contribution in [2.75, 3.05) is 23.9 Å². The van der Waals surface area contributed by atoms with E-state index in [-0.39, 0.29) is 50.7 Å². The molecule has 0 spiro atoms. The Hall–Kier alpha value is -4.59. The largest absolute Gasteiger partial charge is 0.507 e. The highest BCUT2D eigenvalue weighted by Gasteiger charge is 2.50. The fourth-order valence-corrected chi connectivity index (χ4v) is 8.33. The average molecular weight is 779 g/mol. The second kappa shape index (κ2) is 16.9. The standard InChI is InChI=1S/C43H58N2O11/c1-21-14-13-15-22(2)42(52)44-29-20-30(45-18-12-11-16-23(45)3)32-33(38(29)50)37(49)27(7)40-34(32)41(51)43(9,56-40)54-19-17-31(53-10)24(4)39(55-28(8)46)26(6)36(48)25(5)35(21)47/h13-15,17,19-21,23-26,31,35-36,39,47-50H,11-12,16,18H2,1-10H3,(H,44,52)/b14-13+,19-17+,22-15-/t21-,23?,24-,25+,26-,31-,35+,36+,39+,43+/m1/s1. The molecule has 5 N–H and O–H groups in total. The van der Waals surface area contributed by atoms with Gasteiger partial charge in [0.2, 0.25) is 0 Å². The molecule has 5 bridgehead atoms. The highest BCUT2D eigenvalue weighted by molar-refractivity contribution is 6.23. The van der Waals surface area contributed by atoms with Crippen molar-refractivity contribution >= 4 is 39.8 Å². The Bertz CT molecular complexity index is 1940. The summed E-state index contributed by atoms with van der Waals surface area (Å²) in [4.78, 5) is 42.6. The number of amides is 1. The highest BCUT2D eigenvalue weighted by atomic mass is 16.7. The first kappa shape index (κ1) is 42.6. The number of fused-ring (bicyclic) bond motifs is 14. The topological polar surface area (TPSA) is 184 Å². The number of aliphatic hydroxyl groups excluding tert-OH is 2. The van der Waals surface area contributed by atoms with Crippen LogP contribution in [0.1, 0.15) is 90.6 Å². The molecule has 0 saturated carbocycles. The molecule has 306 valence electrons. The van der Waals surface area contributed by atoms with E-state index >= 15 is 0 Å². The lowest BCUT2D eigenvalue weighted by Crippen LogP contribution is -2.46. The number of allylic oxidation sites excluding steroid dienone is 2. The van der Waals surface area contributed by atoms with Gasteiger partial charge in [-0.05, 0) is 52.2 Å². The molecule has 4 heterocycles. The molecule has 10 atom stereocenters. The third-order valence-electron chi connectivity index (χ3n) is 11.9. The molecule has 1 fully saturated rings. The number of Topliss-reactive ketones (excluding diaryl/α,β-unsaturated/α-hetero) is 1. The quantitative estimate of drug-likeness (QED) is 0.170. The summed E-state index contributed by atoms with van der Waals surface area (Å²) in [7, 11) is 1.47. The number of benzene rings is 2. The van der Waals surface area contributed by atoms with Crippen molar-refractivity contribution in [1.29, 1.82) is 0 Å². The maximum atomic E-state index is 14.6. The van der Waals surface area contributed by atoms with Gasteiger partial charge in [0.25, 0.3) is 11.7 Å². The van der Waals surface area contributed by atoms with Crippen LogP contribution in [0.3, 0.4) is 0 Å². The van der Waals surface area contributed by atoms with E-state index in [4.69, 9.17) is 18.9 Å². The number of hydrogen-bond acceptors (Lipinski definition) is 12. The number of aromatic hydroxyl groups is 2. The van der Waals surface area contributed by atoms with Crippen LogP contribution in [0.4, 0.5) is 11.4 Å². The fourth-order valence-electron chi connectivity index (χ4n) is 8.33. The van der Waals surface area contributed by atoms with Crippen LogP contribution in [0.2, 0.25) is 0 Å². The second-order valence-corrected chi connectivity index (χ2v) is 16.0. The number of piperidine rings is 1. The number of nitrogens with zero attached hydrogens (tertiary/aromatic N) is 1. The van der Waals surface area contributed by atoms with Crippen LogP contribution in [0.15, 0.2) is 42.2 Å². The third kappa shape index (κ3) is 7.99. The SMILES string of the molecule is CO[C@@H]1/C=C/O[C@@]2(C)Oc3c(C)c(O)c4c(O)c(cc(N5CCCCC5C)c4c3C2=O)NC(=O)/C(C)=C\C=C\[C@@H](C)[C@H](O)[C@H](C)[C@H](O)[C@@H](C)[C@@H](OC(C)=O)[C@@H]1C. The van der Waals surface area contributed by atoms with Crippen molar-refractivity contribution < 1.29 is 53.8 Å². The van der Waals surface area contributed by atoms with Crippen molar-refractivity contribution in [3.63, 3.8) is 0 Å². The number of phenolic OH excluding ortho intramolecular Hbond substituents is 2. The molecule has 2 aromatic carbocycles. The first-order valence-electron chi connectivity index (χ1n) is 19.5. The van der Waals surface area contributed by atoms with Gasteiger partial charge in [0.05, 0.1) is 41.2 Å². The van der Waals surface area contributed by atoms with Crippen molar-refractivity contribution in [2.45, 2.75) is 118 Å². The van der Waals surface area contributed by atoms with Gasteiger partial charge in [0.1, 0.15) is 17.6 Å². The van der Waals surface area contributed by atoms with E-state index in [2.05, 4.69) is 17.1 Å². The number of carbonyl (C=O) groups excluding carboxylic acids is 3. The fraction of sp³-hybridized carbons (Fsp3) is 0.558. The Morgan fingerprint density at radius 3 is 2.30 bits per heavy atom. The van der Waals surface area contributed by atoms with E-state index in [1.807, 2.05) is 0 Å². The molecule has 13 nitrogen and oxygen atoms in total. The van der Waals surface area contributed by atoms with E-state index in [9.17, 15) is 34.8 Å². The summed E-state index contributed by atoms with van der Waals surface area (Å²) in [5.74, 6) is -6.44. The highest BCUT2D eigenvalue weighted by Crippen LogP contribution is 2.54. The van der Waals surface area contributed by atoms with Gasteiger partial charge >= 0.3 is 11.8 Å². The van der Waals surface area contributed by atoms with Crippen LogP contribution < -0.4 is 15.0 Å². The number of anilines is 2. The molecule has 4 aliphatic heterocycles. The molecule has 0 radical (unpaired) electrons. The summed E-state index contributed by atoms with van der Waals surface area (Å²) >= 11 is 0. The molecule has 6 rings (SSSR count). The molecule has 1 saturated heterocycles. The van der Waals surface area contributed by atoms with E-state index in [1.54, 1.807) is 71.9 Å². The van der Waals surface area contributed by atoms with Gasteiger partial charge in [0.15, 0.2) is 5.75 Å². The zero-order chi connectivity index (χ0) is 41.4. The molecule has 2 aromatic rings. The summed E-state index contributed by atoms with van der Waals surface area (Å²) < 4.78 is 23.9. The van der Waals surface area contributed by atoms with E-state index in [0.29, 0.717) is 12.2 Å². The first-order valence-corrected chi connectivity index (χ1v) is 19.5. The number of phenols is 2. The molecule has 1 unspecified atom stereocenters. The number of ketones is 1. The summed E-state index contributed by atoms with van der Waals surface area (Å²) in [6, 6.07) is 1.67. The molecular weight excluding hydrogens is 720 g/mol. The number of hydrogen-bond donors (Lipinski definition) is 5. The molecule has 56 heavy (non-hydrogen) atoms. The lowest BCUT2D eigenvalue weighted by Gasteiger charge is -2.38. The predicted molar refractivity (Wildman–Crippen MR) is 213 cm³/mol. The number of esters is 1. The molecule has 13 heteroatoms. The van der Waals surface area contributed by atoms with Gasteiger partial charge in [-0.1, -0.05) is 45.9 Å². The minimum Gasteiger partial charge on any atom is -0.507 e. The number of nitrogens with one attached hydrogen (secondary N) is 1.